The van der Waals surface area contributed by atoms with Gasteiger partial charge in [-0.3, -0.25) is 9.78 Å². The van der Waals surface area contributed by atoms with Gasteiger partial charge in [-0.1, -0.05) is 31.0 Å². The first-order valence-corrected chi connectivity index (χ1v) is 9.58. The van der Waals surface area contributed by atoms with Crippen LogP contribution in [-0.4, -0.2) is 35.0 Å². The summed E-state index contributed by atoms with van der Waals surface area (Å²) in [7, 11) is 0. The van der Waals surface area contributed by atoms with Crippen molar-refractivity contribution in [3.05, 3.63) is 36.5 Å². The number of fused-ring (bicyclic) bond motifs is 1. The van der Waals surface area contributed by atoms with E-state index in [-0.39, 0.29) is 6.10 Å². The van der Waals surface area contributed by atoms with Crippen LogP contribution < -0.4 is 4.74 Å². The number of para-hydroxylation sites is 1. The largest absolute Gasteiger partial charge is 0.488 e. The second-order valence-corrected chi connectivity index (χ2v) is 7.38. The molecule has 1 amide bonds. The van der Waals surface area contributed by atoms with E-state index in [1.54, 1.807) is 6.20 Å². The third-order valence-electron chi connectivity index (χ3n) is 5.62. The second-order valence-electron chi connectivity index (χ2n) is 7.38. The topological polar surface area (TPSA) is 42.4 Å². The van der Waals surface area contributed by atoms with Crippen LogP contribution in [0.4, 0.5) is 0 Å². The summed E-state index contributed by atoms with van der Waals surface area (Å²) in [4.78, 5) is 19.0. The lowest BCUT2D eigenvalue weighted by Crippen LogP contribution is -2.42. The molecule has 25 heavy (non-hydrogen) atoms. The fourth-order valence-electron chi connectivity index (χ4n) is 4.16. The maximum atomic E-state index is 12.5. The van der Waals surface area contributed by atoms with Gasteiger partial charge in [0.1, 0.15) is 17.4 Å². The molecule has 2 heterocycles. The molecule has 0 bridgehead atoms. The number of hydrogen-bond acceptors (Lipinski definition) is 3. The van der Waals surface area contributed by atoms with Crippen LogP contribution in [0.15, 0.2) is 36.5 Å². The van der Waals surface area contributed by atoms with Crippen molar-refractivity contribution in [3.63, 3.8) is 0 Å². The average molecular weight is 338 g/mol. The van der Waals surface area contributed by atoms with Crippen molar-refractivity contribution >= 4 is 16.8 Å². The first-order chi connectivity index (χ1) is 12.3. The molecule has 132 valence electrons. The van der Waals surface area contributed by atoms with Crippen molar-refractivity contribution in [3.8, 4) is 5.75 Å². The van der Waals surface area contributed by atoms with E-state index < -0.39 is 0 Å². The number of pyridine rings is 1. The van der Waals surface area contributed by atoms with E-state index in [4.69, 9.17) is 4.74 Å². The lowest BCUT2D eigenvalue weighted by molar-refractivity contribution is -0.133. The van der Waals surface area contributed by atoms with Crippen molar-refractivity contribution in [2.45, 2.75) is 51.0 Å². The molecule has 1 saturated heterocycles. The number of amides is 1. The van der Waals surface area contributed by atoms with Crippen LogP contribution >= 0.6 is 0 Å². The van der Waals surface area contributed by atoms with E-state index in [9.17, 15) is 4.79 Å². The molecule has 2 aliphatic rings. The molecule has 1 aromatic carbocycles. The van der Waals surface area contributed by atoms with Crippen molar-refractivity contribution < 1.29 is 9.53 Å². The maximum absolute atomic E-state index is 12.5. The summed E-state index contributed by atoms with van der Waals surface area (Å²) in [6, 6.07) is 10.1. The van der Waals surface area contributed by atoms with Crippen molar-refractivity contribution in [2.75, 3.05) is 13.1 Å². The summed E-state index contributed by atoms with van der Waals surface area (Å²) in [5, 5.41) is 1.10. The number of likely N-dealkylation sites (tertiary alicyclic amines) is 1. The van der Waals surface area contributed by atoms with Gasteiger partial charge >= 0.3 is 0 Å². The summed E-state index contributed by atoms with van der Waals surface area (Å²) in [6.07, 6.45) is 9.60. The predicted molar refractivity (Wildman–Crippen MR) is 98.5 cm³/mol. The first kappa shape index (κ1) is 16.4. The quantitative estimate of drug-likeness (QED) is 0.840. The van der Waals surface area contributed by atoms with E-state index >= 15 is 0 Å². The van der Waals surface area contributed by atoms with E-state index in [0.717, 1.165) is 49.0 Å². The lowest BCUT2D eigenvalue weighted by Gasteiger charge is -2.33. The van der Waals surface area contributed by atoms with E-state index in [0.29, 0.717) is 11.8 Å². The Balaban J connectivity index is 1.33. The molecule has 4 heteroatoms. The number of nitrogens with zero attached hydrogens (tertiary/aromatic N) is 2. The van der Waals surface area contributed by atoms with Gasteiger partial charge in [-0.05, 0) is 30.9 Å². The van der Waals surface area contributed by atoms with Crippen LogP contribution in [0.25, 0.3) is 10.9 Å². The summed E-state index contributed by atoms with van der Waals surface area (Å²) < 4.78 is 6.23. The molecular formula is C21H26N2O2. The normalized spacial score (nSPS) is 19.4. The molecule has 0 atom stereocenters. The number of benzene rings is 1. The standard InChI is InChI=1S/C21H26N2O2/c24-20(15-16-5-1-2-6-16)23-13-10-18(11-14-23)25-19-9-3-7-17-8-4-12-22-21(17)19/h3-4,7-9,12,16,18H,1-2,5-6,10-11,13-15H2. The molecule has 1 aliphatic carbocycles. The summed E-state index contributed by atoms with van der Waals surface area (Å²) in [5.74, 6) is 1.83. The van der Waals surface area contributed by atoms with Crippen LogP contribution in [0.3, 0.4) is 0 Å². The highest BCUT2D eigenvalue weighted by Gasteiger charge is 2.27. The Morgan fingerprint density at radius 2 is 1.84 bits per heavy atom. The fourth-order valence-corrected chi connectivity index (χ4v) is 4.16. The fraction of sp³-hybridized carbons (Fsp3) is 0.524. The minimum absolute atomic E-state index is 0.170. The highest BCUT2D eigenvalue weighted by atomic mass is 16.5. The molecule has 4 rings (SSSR count). The van der Waals surface area contributed by atoms with Gasteiger partial charge in [0.05, 0.1) is 0 Å². The molecule has 0 unspecified atom stereocenters. The molecule has 0 N–H and O–H groups in total. The minimum Gasteiger partial charge on any atom is -0.488 e. The maximum Gasteiger partial charge on any atom is 0.222 e. The molecule has 2 aromatic rings. The van der Waals surface area contributed by atoms with Gasteiger partial charge in [0.2, 0.25) is 5.91 Å². The van der Waals surface area contributed by atoms with E-state index in [2.05, 4.69) is 17.1 Å². The van der Waals surface area contributed by atoms with Gasteiger partial charge in [0.25, 0.3) is 0 Å². The Kier molecular flexibility index (Phi) is 4.86. The van der Waals surface area contributed by atoms with Crippen LogP contribution in [0.5, 0.6) is 5.75 Å². The van der Waals surface area contributed by atoms with Crippen molar-refractivity contribution in [1.29, 1.82) is 0 Å². The monoisotopic (exact) mass is 338 g/mol. The van der Waals surface area contributed by atoms with Crippen LogP contribution in [0, 0.1) is 5.92 Å². The molecule has 0 radical (unpaired) electrons. The van der Waals surface area contributed by atoms with E-state index in [1.807, 2.05) is 23.1 Å². The van der Waals surface area contributed by atoms with Gasteiger partial charge in [-0.25, -0.2) is 0 Å². The molecule has 2 fully saturated rings. The van der Waals surface area contributed by atoms with Crippen LogP contribution in [-0.2, 0) is 4.79 Å². The first-order valence-electron chi connectivity index (χ1n) is 9.58. The number of aromatic nitrogens is 1. The Labute approximate surface area is 149 Å². The highest BCUT2D eigenvalue weighted by molar-refractivity contribution is 5.84. The van der Waals surface area contributed by atoms with E-state index in [1.165, 1.54) is 25.7 Å². The predicted octanol–water partition coefficient (Wildman–Crippen LogP) is 4.18. The number of piperidine rings is 1. The Morgan fingerprint density at radius 3 is 2.64 bits per heavy atom. The molecule has 4 nitrogen and oxygen atoms in total. The van der Waals surface area contributed by atoms with Crippen molar-refractivity contribution in [1.82, 2.24) is 9.88 Å². The number of hydrogen-bond donors (Lipinski definition) is 0. The summed E-state index contributed by atoms with van der Waals surface area (Å²) >= 11 is 0. The minimum atomic E-state index is 0.170. The average Bonchev–Trinajstić information content (AvgIpc) is 3.16. The molecule has 1 saturated carbocycles. The third-order valence-corrected chi connectivity index (χ3v) is 5.62. The van der Waals surface area contributed by atoms with Gasteiger partial charge in [-0.15, -0.1) is 0 Å². The Hall–Kier alpha value is -2.10. The zero-order chi connectivity index (χ0) is 17.1. The number of rotatable bonds is 4. The molecule has 0 spiro atoms. The number of carbonyl (C=O) groups excluding carboxylic acids is 1. The Bertz CT molecular complexity index is 726. The molecule has 1 aliphatic heterocycles. The SMILES string of the molecule is O=C(CC1CCCC1)N1CCC(Oc2cccc3cccnc23)CC1. The van der Waals surface area contributed by atoms with Crippen LogP contribution in [0.2, 0.25) is 0 Å². The summed E-state index contributed by atoms with van der Waals surface area (Å²) in [6.45, 7) is 1.63. The second kappa shape index (κ2) is 7.42. The summed E-state index contributed by atoms with van der Waals surface area (Å²) in [5.41, 5.74) is 0.921. The van der Waals surface area contributed by atoms with Gasteiger partial charge in [0, 0.05) is 43.9 Å². The molecule has 1 aromatic heterocycles. The smallest absolute Gasteiger partial charge is 0.222 e. The van der Waals surface area contributed by atoms with Gasteiger partial charge in [-0.2, -0.15) is 0 Å². The Morgan fingerprint density at radius 1 is 1.08 bits per heavy atom. The molecular weight excluding hydrogens is 312 g/mol. The lowest BCUT2D eigenvalue weighted by atomic mass is 10.0. The zero-order valence-electron chi connectivity index (χ0n) is 14.7. The highest BCUT2D eigenvalue weighted by Crippen LogP contribution is 2.29. The van der Waals surface area contributed by atoms with Crippen molar-refractivity contribution in [2.24, 2.45) is 5.92 Å². The zero-order valence-corrected chi connectivity index (χ0v) is 14.7. The number of ether oxygens (including phenoxy) is 1. The van der Waals surface area contributed by atoms with Gasteiger partial charge in [0.15, 0.2) is 0 Å². The van der Waals surface area contributed by atoms with Crippen LogP contribution in [0.1, 0.15) is 44.9 Å². The number of carbonyl (C=O) groups is 1. The van der Waals surface area contributed by atoms with Gasteiger partial charge < -0.3 is 9.64 Å². The third kappa shape index (κ3) is 3.78.